The Hall–Kier alpha value is -4.38. The number of phenols is 2. The number of phenolic OH excluding ortho intramolecular Hbond substituents is 2. The SMILES string of the molecule is O=C(c1cccc(O)c1)c1ccccc1Oc1ccccc1C(=O)c1cccc(O)c1. The van der Waals surface area contributed by atoms with E-state index in [1.165, 1.54) is 24.3 Å². The number of hydrogen-bond acceptors (Lipinski definition) is 5. The van der Waals surface area contributed by atoms with Crippen molar-refractivity contribution in [2.24, 2.45) is 0 Å². The third-order valence-electron chi connectivity index (χ3n) is 4.70. The Balaban J connectivity index is 1.70. The Kier molecular flexibility index (Phi) is 5.49. The van der Waals surface area contributed by atoms with Crippen molar-refractivity contribution in [1.82, 2.24) is 0 Å². The van der Waals surface area contributed by atoms with Crippen LogP contribution in [-0.2, 0) is 0 Å². The molecule has 0 aliphatic rings. The van der Waals surface area contributed by atoms with Crippen molar-refractivity contribution in [3.8, 4) is 23.0 Å². The molecule has 5 heteroatoms. The van der Waals surface area contributed by atoms with Gasteiger partial charge in [0.2, 0.25) is 0 Å². The van der Waals surface area contributed by atoms with Crippen LogP contribution in [0.2, 0.25) is 0 Å². The normalized spacial score (nSPS) is 10.5. The predicted octanol–water partition coefficient (Wildman–Crippen LogP) is 5.35. The molecule has 0 fully saturated rings. The monoisotopic (exact) mass is 410 g/mol. The topological polar surface area (TPSA) is 83.8 Å². The van der Waals surface area contributed by atoms with Crippen LogP contribution < -0.4 is 4.74 Å². The number of ketones is 2. The molecule has 0 saturated heterocycles. The molecule has 5 nitrogen and oxygen atoms in total. The highest BCUT2D eigenvalue weighted by molar-refractivity contribution is 6.12. The van der Waals surface area contributed by atoms with Crippen LogP contribution in [0.15, 0.2) is 97.1 Å². The van der Waals surface area contributed by atoms with E-state index in [0.717, 1.165) is 0 Å². The van der Waals surface area contributed by atoms with Crippen LogP contribution in [0.3, 0.4) is 0 Å². The number of benzene rings is 4. The van der Waals surface area contributed by atoms with Crippen LogP contribution in [0, 0.1) is 0 Å². The molecule has 0 spiro atoms. The zero-order valence-corrected chi connectivity index (χ0v) is 16.4. The van der Waals surface area contributed by atoms with Crippen LogP contribution in [-0.4, -0.2) is 21.8 Å². The molecule has 0 saturated carbocycles. The number of ether oxygens (including phenoxy) is 1. The molecule has 0 heterocycles. The second-order valence-corrected chi connectivity index (χ2v) is 6.85. The third kappa shape index (κ3) is 4.31. The lowest BCUT2D eigenvalue weighted by atomic mass is 10.0. The first kappa shape index (κ1) is 19.9. The van der Waals surface area contributed by atoms with Crippen LogP contribution in [0.4, 0.5) is 0 Å². The van der Waals surface area contributed by atoms with E-state index in [4.69, 9.17) is 4.74 Å². The Morgan fingerprint density at radius 3 is 1.39 bits per heavy atom. The summed E-state index contributed by atoms with van der Waals surface area (Å²) in [5, 5.41) is 19.4. The zero-order valence-electron chi connectivity index (χ0n) is 16.4. The molecule has 0 radical (unpaired) electrons. The summed E-state index contributed by atoms with van der Waals surface area (Å²) >= 11 is 0. The van der Waals surface area contributed by atoms with E-state index in [1.807, 2.05) is 0 Å². The maximum absolute atomic E-state index is 13.0. The Morgan fingerprint density at radius 1 is 0.548 bits per heavy atom. The summed E-state index contributed by atoms with van der Waals surface area (Å²) in [5.41, 5.74) is 1.24. The van der Waals surface area contributed by atoms with Crippen molar-refractivity contribution in [2.75, 3.05) is 0 Å². The minimum Gasteiger partial charge on any atom is -0.508 e. The van der Waals surface area contributed by atoms with Gasteiger partial charge in [0.15, 0.2) is 11.6 Å². The van der Waals surface area contributed by atoms with Gasteiger partial charge in [-0.05, 0) is 48.5 Å². The van der Waals surface area contributed by atoms with Crippen molar-refractivity contribution in [3.05, 3.63) is 119 Å². The highest BCUT2D eigenvalue weighted by Gasteiger charge is 2.19. The molecule has 0 atom stereocenters. The summed E-state index contributed by atoms with van der Waals surface area (Å²) < 4.78 is 6.02. The fourth-order valence-corrected chi connectivity index (χ4v) is 3.21. The van der Waals surface area contributed by atoms with E-state index in [1.54, 1.807) is 72.8 Å². The van der Waals surface area contributed by atoms with E-state index in [0.29, 0.717) is 22.3 Å². The molecule has 0 unspecified atom stereocenters. The van der Waals surface area contributed by atoms with Crippen LogP contribution in [0.5, 0.6) is 23.0 Å². The summed E-state index contributed by atoms with van der Waals surface area (Å²) in [5.74, 6) is -0.0804. The van der Waals surface area contributed by atoms with Gasteiger partial charge < -0.3 is 14.9 Å². The van der Waals surface area contributed by atoms with E-state index < -0.39 is 0 Å². The van der Waals surface area contributed by atoms with Gasteiger partial charge in [0.25, 0.3) is 0 Å². The Morgan fingerprint density at radius 2 is 0.968 bits per heavy atom. The second-order valence-electron chi connectivity index (χ2n) is 6.85. The summed E-state index contributed by atoms with van der Waals surface area (Å²) in [6, 6.07) is 25.6. The van der Waals surface area contributed by atoms with E-state index in [2.05, 4.69) is 0 Å². The maximum Gasteiger partial charge on any atom is 0.196 e. The smallest absolute Gasteiger partial charge is 0.196 e. The van der Waals surface area contributed by atoms with Crippen molar-refractivity contribution in [1.29, 1.82) is 0 Å². The van der Waals surface area contributed by atoms with E-state index in [9.17, 15) is 19.8 Å². The number of carbonyl (C=O) groups is 2. The molecule has 0 bridgehead atoms. The quantitative estimate of drug-likeness (QED) is 0.419. The van der Waals surface area contributed by atoms with Crippen molar-refractivity contribution in [3.63, 3.8) is 0 Å². The van der Waals surface area contributed by atoms with Crippen LogP contribution in [0.25, 0.3) is 0 Å². The lowest BCUT2D eigenvalue weighted by molar-refractivity contribution is 0.103. The van der Waals surface area contributed by atoms with Gasteiger partial charge in [-0.2, -0.15) is 0 Å². The van der Waals surface area contributed by atoms with Crippen molar-refractivity contribution < 1.29 is 24.5 Å². The van der Waals surface area contributed by atoms with Gasteiger partial charge in [-0.25, -0.2) is 0 Å². The minimum atomic E-state index is -0.316. The first-order chi connectivity index (χ1) is 15.0. The minimum absolute atomic E-state index is 0.00805. The highest BCUT2D eigenvalue weighted by Crippen LogP contribution is 2.31. The fourth-order valence-electron chi connectivity index (χ4n) is 3.21. The largest absolute Gasteiger partial charge is 0.508 e. The summed E-state index contributed by atoms with van der Waals surface area (Å²) in [6.45, 7) is 0. The molecule has 31 heavy (non-hydrogen) atoms. The predicted molar refractivity (Wildman–Crippen MR) is 116 cm³/mol. The molecule has 4 aromatic rings. The Labute approximate surface area is 178 Å². The summed E-state index contributed by atoms with van der Waals surface area (Å²) in [7, 11) is 0. The molecule has 0 aliphatic heterocycles. The van der Waals surface area contributed by atoms with Crippen LogP contribution in [0.1, 0.15) is 31.8 Å². The van der Waals surface area contributed by atoms with Gasteiger partial charge in [-0.3, -0.25) is 9.59 Å². The van der Waals surface area contributed by atoms with E-state index in [-0.39, 0.29) is 34.6 Å². The molecular weight excluding hydrogens is 392 g/mol. The lowest BCUT2D eigenvalue weighted by Gasteiger charge is -2.13. The zero-order chi connectivity index (χ0) is 21.8. The van der Waals surface area contributed by atoms with Crippen LogP contribution >= 0.6 is 0 Å². The molecule has 152 valence electrons. The molecule has 4 rings (SSSR count). The number of carbonyl (C=O) groups excluding carboxylic acids is 2. The first-order valence-corrected chi connectivity index (χ1v) is 9.56. The van der Waals surface area contributed by atoms with Gasteiger partial charge in [-0.1, -0.05) is 48.5 Å². The number of aromatic hydroxyl groups is 2. The van der Waals surface area contributed by atoms with Gasteiger partial charge in [0.1, 0.15) is 23.0 Å². The molecule has 0 aromatic heterocycles. The van der Waals surface area contributed by atoms with Gasteiger partial charge in [0.05, 0.1) is 11.1 Å². The molecule has 2 N–H and O–H groups in total. The second kappa shape index (κ2) is 8.55. The maximum atomic E-state index is 13.0. The van der Waals surface area contributed by atoms with Crippen molar-refractivity contribution in [2.45, 2.75) is 0 Å². The lowest BCUT2D eigenvalue weighted by Crippen LogP contribution is -2.06. The number of rotatable bonds is 6. The van der Waals surface area contributed by atoms with Gasteiger partial charge >= 0.3 is 0 Å². The number of hydrogen-bond donors (Lipinski definition) is 2. The van der Waals surface area contributed by atoms with Gasteiger partial charge in [-0.15, -0.1) is 0 Å². The molecular formula is C26H18O5. The average molecular weight is 410 g/mol. The first-order valence-electron chi connectivity index (χ1n) is 9.56. The van der Waals surface area contributed by atoms with E-state index >= 15 is 0 Å². The Bertz CT molecular complexity index is 1180. The average Bonchev–Trinajstić information content (AvgIpc) is 2.79. The number of para-hydroxylation sites is 2. The molecule has 0 aliphatic carbocycles. The third-order valence-corrected chi connectivity index (χ3v) is 4.70. The molecule has 4 aromatic carbocycles. The fraction of sp³-hybridized carbons (Fsp3) is 0. The van der Waals surface area contributed by atoms with Crippen molar-refractivity contribution >= 4 is 11.6 Å². The summed E-state index contributed by atoms with van der Waals surface area (Å²) in [6.07, 6.45) is 0. The van der Waals surface area contributed by atoms with Gasteiger partial charge in [0, 0.05) is 11.1 Å². The molecule has 0 amide bonds. The standard InChI is InChI=1S/C26H18O5/c27-19-9-5-7-17(15-19)25(29)21-11-1-3-13-23(21)31-24-14-4-2-12-22(24)26(30)18-8-6-10-20(28)16-18/h1-16,27-28H. The highest BCUT2D eigenvalue weighted by atomic mass is 16.5. The summed E-state index contributed by atoms with van der Waals surface area (Å²) in [4.78, 5) is 26.0.